The zero-order valence-electron chi connectivity index (χ0n) is 21.8. The molecule has 0 radical (unpaired) electrons. The number of fused-ring (bicyclic) bond motifs is 1. The van der Waals surface area contributed by atoms with Crippen LogP contribution in [0.2, 0.25) is 0 Å². The number of ether oxygens (including phenoxy) is 2. The molecule has 190 valence electrons. The summed E-state index contributed by atoms with van der Waals surface area (Å²) in [6.45, 7) is 9.92. The number of hydrogen-bond donors (Lipinski definition) is 0. The molecule has 1 spiro atoms. The fourth-order valence-corrected chi connectivity index (χ4v) is 5.69. The van der Waals surface area contributed by atoms with Crippen LogP contribution in [0.1, 0.15) is 49.0 Å². The van der Waals surface area contributed by atoms with Crippen molar-refractivity contribution in [3.05, 3.63) is 71.8 Å². The zero-order valence-corrected chi connectivity index (χ0v) is 21.8. The third-order valence-corrected chi connectivity index (χ3v) is 7.86. The number of piperidine rings is 1. The molecule has 5 nitrogen and oxygen atoms in total. The van der Waals surface area contributed by atoms with Gasteiger partial charge in [0.2, 0.25) is 0 Å². The maximum absolute atomic E-state index is 13.3. The van der Waals surface area contributed by atoms with Gasteiger partial charge in [-0.2, -0.15) is 0 Å². The quantitative estimate of drug-likeness (QED) is 0.410. The second kappa shape index (κ2) is 10.5. The molecule has 2 saturated heterocycles. The molecule has 2 aliphatic rings. The maximum Gasteiger partial charge on any atom is 0.253 e. The molecular weight excluding hydrogens is 448 g/mol. The van der Waals surface area contributed by atoms with E-state index in [0.29, 0.717) is 11.3 Å². The lowest BCUT2D eigenvalue weighted by molar-refractivity contribution is 0.0587. The second-order valence-electron chi connectivity index (χ2n) is 11.0. The first-order valence-electron chi connectivity index (χ1n) is 13.2. The SMILES string of the molecule is COc1ccc2cc(C(=O)N3CCC4(CCN(Cc5ccccc5OCC(C)C)C4)CC3)ccc2c1. The minimum Gasteiger partial charge on any atom is -0.497 e. The number of benzene rings is 3. The van der Waals surface area contributed by atoms with Crippen molar-refractivity contribution in [2.24, 2.45) is 11.3 Å². The van der Waals surface area contributed by atoms with Gasteiger partial charge in [0.1, 0.15) is 11.5 Å². The van der Waals surface area contributed by atoms with Crippen LogP contribution in [0, 0.1) is 11.3 Å². The molecule has 2 aliphatic heterocycles. The topological polar surface area (TPSA) is 42.0 Å². The van der Waals surface area contributed by atoms with E-state index in [9.17, 15) is 4.79 Å². The monoisotopic (exact) mass is 486 g/mol. The minimum absolute atomic E-state index is 0.147. The van der Waals surface area contributed by atoms with Crippen LogP contribution >= 0.6 is 0 Å². The number of para-hydroxylation sites is 1. The summed E-state index contributed by atoms with van der Waals surface area (Å²) in [5.41, 5.74) is 2.37. The van der Waals surface area contributed by atoms with Crippen LogP contribution in [-0.2, 0) is 6.54 Å². The summed E-state index contributed by atoms with van der Waals surface area (Å²) in [5.74, 6) is 2.51. The van der Waals surface area contributed by atoms with Gasteiger partial charge in [-0.25, -0.2) is 0 Å². The highest BCUT2D eigenvalue weighted by Gasteiger charge is 2.41. The third-order valence-electron chi connectivity index (χ3n) is 7.86. The molecule has 2 fully saturated rings. The summed E-state index contributed by atoms with van der Waals surface area (Å²) in [6, 6.07) is 20.4. The van der Waals surface area contributed by atoms with E-state index in [2.05, 4.69) is 43.0 Å². The summed E-state index contributed by atoms with van der Waals surface area (Å²) in [4.78, 5) is 17.9. The average Bonchev–Trinajstić information content (AvgIpc) is 3.29. The highest BCUT2D eigenvalue weighted by Crippen LogP contribution is 2.41. The van der Waals surface area contributed by atoms with E-state index >= 15 is 0 Å². The molecule has 0 atom stereocenters. The van der Waals surface area contributed by atoms with E-state index in [1.807, 2.05) is 41.3 Å². The van der Waals surface area contributed by atoms with E-state index < -0.39 is 0 Å². The summed E-state index contributed by atoms with van der Waals surface area (Å²) in [5, 5.41) is 2.16. The van der Waals surface area contributed by atoms with Crippen molar-refractivity contribution in [1.29, 1.82) is 0 Å². The van der Waals surface area contributed by atoms with Gasteiger partial charge in [-0.3, -0.25) is 9.69 Å². The van der Waals surface area contributed by atoms with Gasteiger partial charge in [0.15, 0.2) is 0 Å². The van der Waals surface area contributed by atoms with Gasteiger partial charge < -0.3 is 14.4 Å². The van der Waals surface area contributed by atoms with Crippen molar-refractivity contribution in [3.8, 4) is 11.5 Å². The van der Waals surface area contributed by atoms with Gasteiger partial charge >= 0.3 is 0 Å². The molecular formula is C31H38N2O3. The second-order valence-corrected chi connectivity index (χ2v) is 11.0. The van der Waals surface area contributed by atoms with Gasteiger partial charge in [-0.1, -0.05) is 44.2 Å². The normalized spacial score (nSPS) is 17.7. The molecule has 3 aromatic rings. The number of likely N-dealkylation sites (tertiary alicyclic amines) is 2. The Labute approximate surface area is 215 Å². The molecule has 5 heteroatoms. The predicted molar refractivity (Wildman–Crippen MR) is 145 cm³/mol. The highest BCUT2D eigenvalue weighted by atomic mass is 16.5. The molecule has 0 saturated carbocycles. The van der Waals surface area contributed by atoms with Crippen molar-refractivity contribution < 1.29 is 14.3 Å². The van der Waals surface area contributed by atoms with Crippen LogP contribution in [0.5, 0.6) is 11.5 Å². The van der Waals surface area contributed by atoms with Crippen LogP contribution in [0.15, 0.2) is 60.7 Å². The molecule has 3 aromatic carbocycles. The van der Waals surface area contributed by atoms with E-state index in [4.69, 9.17) is 9.47 Å². The Bertz CT molecular complexity index is 1210. The average molecular weight is 487 g/mol. The number of carbonyl (C=O) groups excluding carboxylic acids is 1. The Kier molecular flexibility index (Phi) is 7.20. The Balaban J connectivity index is 1.18. The van der Waals surface area contributed by atoms with E-state index in [-0.39, 0.29) is 5.91 Å². The third kappa shape index (κ3) is 5.36. The minimum atomic E-state index is 0.147. The van der Waals surface area contributed by atoms with E-state index in [0.717, 1.165) is 80.0 Å². The van der Waals surface area contributed by atoms with Gasteiger partial charge in [0.25, 0.3) is 5.91 Å². The van der Waals surface area contributed by atoms with Gasteiger partial charge in [0.05, 0.1) is 13.7 Å². The lowest BCUT2D eigenvalue weighted by Crippen LogP contribution is -2.44. The Morgan fingerprint density at radius 1 is 0.944 bits per heavy atom. The number of hydrogen-bond acceptors (Lipinski definition) is 4. The lowest BCUT2D eigenvalue weighted by Gasteiger charge is -2.39. The molecule has 0 unspecified atom stereocenters. The first-order chi connectivity index (χ1) is 17.4. The standard InChI is InChI=1S/C31H38N2O3/c1-23(2)21-36-29-7-5-4-6-27(29)20-32-15-12-31(22-32)13-16-33(17-14-31)30(34)26-9-8-25-19-28(35-3)11-10-24(25)18-26/h4-11,18-19,23H,12-17,20-22H2,1-3H3. The number of rotatable bonds is 7. The number of carbonyl (C=O) groups is 1. The van der Waals surface area contributed by atoms with Crippen molar-refractivity contribution in [1.82, 2.24) is 9.80 Å². The van der Waals surface area contributed by atoms with E-state index in [1.54, 1.807) is 7.11 Å². The van der Waals surface area contributed by atoms with E-state index in [1.165, 1.54) is 12.0 Å². The van der Waals surface area contributed by atoms with Crippen molar-refractivity contribution in [2.45, 2.75) is 39.7 Å². The maximum atomic E-state index is 13.3. The van der Waals surface area contributed by atoms with Crippen molar-refractivity contribution >= 4 is 16.7 Å². The van der Waals surface area contributed by atoms with Crippen molar-refractivity contribution in [3.63, 3.8) is 0 Å². The van der Waals surface area contributed by atoms with Crippen LogP contribution in [0.4, 0.5) is 0 Å². The predicted octanol–water partition coefficient (Wildman–Crippen LogP) is 6.01. The first-order valence-corrected chi connectivity index (χ1v) is 13.2. The Morgan fingerprint density at radius 3 is 2.44 bits per heavy atom. The van der Waals surface area contributed by atoms with Crippen molar-refractivity contribution in [2.75, 3.05) is 39.9 Å². The van der Waals surface area contributed by atoms with Crippen LogP contribution < -0.4 is 9.47 Å². The molecule has 0 aliphatic carbocycles. The van der Waals surface area contributed by atoms with Crippen LogP contribution in [0.25, 0.3) is 10.8 Å². The number of methoxy groups -OCH3 is 1. The molecule has 1 amide bonds. The number of nitrogens with zero attached hydrogens (tertiary/aromatic N) is 2. The van der Waals surface area contributed by atoms with Crippen LogP contribution in [0.3, 0.4) is 0 Å². The molecule has 0 aromatic heterocycles. The molecule has 0 bridgehead atoms. The molecule has 5 rings (SSSR count). The Hall–Kier alpha value is -3.05. The molecule has 2 heterocycles. The summed E-state index contributed by atoms with van der Waals surface area (Å²) >= 11 is 0. The zero-order chi connectivity index (χ0) is 25.1. The Morgan fingerprint density at radius 2 is 1.67 bits per heavy atom. The number of amides is 1. The van der Waals surface area contributed by atoms with Gasteiger partial charge in [0, 0.05) is 37.3 Å². The lowest BCUT2D eigenvalue weighted by atomic mass is 9.77. The fourth-order valence-electron chi connectivity index (χ4n) is 5.69. The van der Waals surface area contributed by atoms with Gasteiger partial charge in [-0.15, -0.1) is 0 Å². The largest absolute Gasteiger partial charge is 0.497 e. The summed E-state index contributed by atoms with van der Waals surface area (Å²) in [6.07, 6.45) is 3.36. The van der Waals surface area contributed by atoms with Gasteiger partial charge in [-0.05, 0) is 78.2 Å². The molecule has 36 heavy (non-hydrogen) atoms. The smallest absolute Gasteiger partial charge is 0.253 e. The first kappa shape index (κ1) is 24.6. The fraction of sp³-hybridized carbons (Fsp3) is 0.452. The molecule has 0 N–H and O–H groups in total. The highest BCUT2D eigenvalue weighted by molar-refractivity contribution is 5.98. The summed E-state index contributed by atoms with van der Waals surface area (Å²) in [7, 11) is 1.67. The van der Waals surface area contributed by atoms with Crippen LogP contribution in [-0.4, -0.2) is 55.6 Å². The summed E-state index contributed by atoms with van der Waals surface area (Å²) < 4.78 is 11.4.